The van der Waals surface area contributed by atoms with E-state index in [4.69, 9.17) is 10.5 Å². The third-order valence-electron chi connectivity index (χ3n) is 6.12. The van der Waals surface area contributed by atoms with Gasteiger partial charge >= 0.3 is 5.69 Å². The number of anilines is 1. The number of hydrogen-bond acceptors (Lipinski definition) is 6. The second kappa shape index (κ2) is 9.41. The lowest BCUT2D eigenvalue weighted by Gasteiger charge is -2.13. The summed E-state index contributed by atoms with van der Waals surface area (Å²) in [4.78, 5) is 24.5. The smallest absolute Gasteiger partial charge is 0.335 e. The fourth-order valence-corrected chi connectivity index (χ4v) is 4.42. The van der Waals surface area contributed by atoms with Crippen LogP contribution in [0.3, 0.4) is 0 Å². The van der Waals surface area contributed by atoms with Gasteiger partial charge in [-0.3, -0.25) is 14.0 Å². The van der Waals surface area contributed by atoms with E-state index in [0.29, 0.717) is 30.0 Å². The maximum atomic E-state index is 13.7. The van der Waals surface area contributed by atoms with Crippen molar-refractivity contribution >= 4 is 17.0 Å². The Morgan fingerprint density at radius 3 is 2.68 bits per heavy atom. The molecular weight excluding hydrogens is 428 g/mol. The Labute approximate surface area is 197 Å². The van der Waals surface area contributed by atoms with Crippen molar-refractivity contribution in [1.82, 2.24) is 24.0 Å². The van der Waals surface area contributed by atoms with Crippen LogP contribution < -0.4 is 16.2 Å². The van der Waals surface area contributed by atoms with Crippen LogP contribution in [0.5, 0.6) is 5.75 Å². The van der Waals surface area contributed by atoms with Gasteiger partial charge in [0.1, 0.15) is 24.2 Å². The first-order valence-electron chi connectivity index (χ1n) is 11.3. The van der Waals surface area contributed by atoms with E-state index in [2.05, 4.69) is 26.7 Å². The van der Waals surface area contributed by atoms with E-state index in [1.54, 1.807) is 9.13 Å². The van der Waals surface area contributed by atoms with E-state index < -0.39 is 0 Å². The third-order valence-corrected chi connectivity index (χ3v) is 6.12. The van der Waals surface area contributed by atoms with Gasteiger partial charge in [0.05, 0.1) is 18.3 Å². The molecule has 0 amide bonds. The highest BCUT2D eigenvalue weighted by atomic mass is 16.5. The Morgan fingerprint density at radius 1 is 1.12 bits per heavy atom. The third kappa shape index (κ3) is 4.14. The molecule has 0 saturated carbocycles. The summed E-state index contributed by atoms with van der Waals surface area (Å²) in [6.07, 6.45) is 2.27. The van der Waals surface area contributed by atoms with Gasteiger partial charge in [-0.25, -0.2) is 14.8 Å². The van der Waals surface area contributed by atoms with E-state index >= 15 is 0 Å². The lowest BCUT2D eigenvalue weighted by Crippen LogP contribution is -2.29. The topological polar surface area (TPSA) is 91.2 Å². The maximum absolute atomic E-state index is 13.7. The van der Waals surface area contributed by atoms with Gasteiger partial charge in [-0.2, -0.15) is 0 Å². The van der Waals surface area contributed by atoms with Gasteiger partial charge in [0, 0.05) is 13.1 Å². The van der Waals surface area contributed by atoms with Gasteiger partial charge < -0.3 is 10.5 Å². The van der Waals surface area contributed by atoms with Crippen LogP contribution in [0.1, 0.15) is 24.9 Å². The molecule has 0 bridgehead atoms. The Hall–Kier alpha value is -4.09. The second-order valence-electron chi connectivity index (χ2n) is 8.29. The minimum absolute atomic E-state index is 0.00255. The zero-order chi connectivity index (χ0) is 23.5. The number of benzene rings is 2. The van der Waals surface area contributed by atoms with Crippen LogP contribution in [0.25, 0.3) is 16.9 Å². The Morgan fingerprint density at radius 2 is 1.91 bits per heavy atom. The predicted molar refractivity (Wildman–Crippen MR) is 132 cm³/mol. The zero-order valence-electron chi connectivity index (χ0n) is 19.0. The van der Waals surface area contributed by atoms with Crippen molar-refractivity contribution in [3.05, 3.63) is 77.0 Å². The number of imidazole rings is 1. The van der Waals surface area contributed by atoms with Crippen molar-refractivity contribution in [1.29, 1.82) is 0 Å². The molecule has 0 radical (unpaired) electrons. The van der Waals surface area contributed by atoms with Gasteiger partial charge in [-0.1, -0.05) is 36.3 Å². The number of nitrogens with two attached hydrogens (primary N) is 1. The quantitative estimate of drug-likeness (QED) is 0.451. The van der Waals surface area contributed by atoms with E-state index in [9.17, 15) is 4.79 Å². The van der Waals surface area contributed by atoms with E-state index in [1.165, 1.54) is 6.33 Å². The molecule has 0 aliphatic carbocycles. The average Bonchev–Trinajstić information content (AvgIpc) is 3.44. The molecule has 8 nitrogen and oxygen atoms in total. The first-order chi connectivity index (χ1) is 16.7. The van der Waals surface area contributed by atoms with Gasteiger partial charge in [0.25, 0.3) is 0 Å². The van der Waals surface area contributed by atoms with Crippen LogP contribution in [0, 0.1) is 11.8 Å². The molecule has 0 unspecified atom stereocenters. The van der Waals surface area contributed by atoms with Crippen molar-refractivity contribution in [2.75, 3.05) is 25.4 Å². The highest BCUT2D eigenvalue weighted by Gasteiger charge is 2.29. The number of nitrogen functional groups attached to an aromatic ring is 1. The van der Waals surface area contributed by atoms with Crippen molar-refractivity contribution in [3.8, 4) is 23.3 Å². The summed E-state index contributed by atoms with van der Waals surface area (Å²) in [7, 11) is 0. The monoisotopic (exact) mass is 454 g/mol. The van der Waals surface area contributed by atoms with Crippen LogP contribution in [0.15, 0.2) is 65.7 Å². The van der Waals surface area contributed by atoms with Gasteiger partial charge in [0.2, 0.25) is 0 Å². The number of fused-ring (bicyclic) bond motifs is 1. The van der Waals surface area contributed by atoms with Crippen LogP contribution >= 0.6 is 0 Å². The summed E-state index contributed by atoms with van der Waals surface area (Å²) in [6.45, 7) is 4.60. The summed E-state index contributed by atoms with van der Waals surface area (Å²) in [6, 6.07) is 17.4. The molecule has 1 aliphatic rings. The molecule has 2 N–H and O–H groups in total. The first kappa shape index (κ1) is 21.7. The number of para-hydroxylation sites is 1. The van der Waals surface area contributed by atoms with Crippen LogP contribution in [0.2, 0.25) is 0 Å². The summed E-state index contributed by atoms with van der Waals surface area (Å²) in [5.74, 6) is 7.14. The fraction of sp³-hybridized carbons (Fsp3) is 0.269. The SMILES string of the molecule is CC#CCN1CC[C@@H](n2c(=O)n(-c3ccc(COc4ccccc4)cc3)c3c(N)ncnc32)C1. The lowest BCUT2D eigenvalue weighted by atomic mass is 10.2. The number of likely N-dealkylation sites (tertiary alicyclic amines) is 1. The van der Waals surface area contributed by atoms with Crippen molar-refractivity contribution in [2.45, 2.75) is 26.0 Å². The van der Waals surface area contributed by atoms with E-state index in [1.807, 2.05) is 61.5 Å². The number of ether oxygens (including phenoxy) is 1. The molecule has 3 heterocycles. The summed E-state index contributed by atoms with van der Waals surface area (Å²) in [5, 5.41) is 0. The second-order valence-corrected chi connectivity index (χ2v) is 8.29. The number of hydrogen-bond donors (Lipinski definition) is 1. The molecule has 4 aromatic rings. The fourth-order valence-electron chi connectivity index (χ4n) is 4.42. The molecule has 1 saturated heterocycles. The van der Waals surface area contributed by atoms with Crippen molar-refractivity contribution in [3.63, 3.8) is 0 Å². The van der Waals surface area contributed by atoms with Crippen LogP contribution in [0.4, 0.5) is 5.82 Å². The van der Waals surface area contributed by atoms with Gasteiger partial charge in [-0.05, 0) is 43.2 Å². The Kier molecular flexibility index (Phi) is 6.02. The highest BCUT2D eigenvalue weighted by Crippen LogP contribution is 2.27. The normalized spacial score (nSPS) is 15.9. The number of rotatable bonds is 6. The molecule has 34 heavy (non-hydrogen) atoms. The molecule has 2 aromatic carbocycles. The van der Waals surface area contributed by atoms with Crippen LogP contribution in [-0.4, -0.2) is 43.6 Å². The lowest BCUT2D eigenvalue weighted by molar-refractivity contribution is 0.306. The molecule has 172 valence electrons. The highest BCUT2D eigenvalue weighted by molar-refractivity contribution is 5.84. The Balaban J connectivity index is 1.47. The maximum Gasteiger partial charge on any atom is 0.335 e. The van der Waals surface area contributed by atoms with Gasteiger partial charge in [0.15, 0.2) is 11.5 Å². The number of nitrogens with zero attached hydrogens (tertiary/aromatic N) is 5. The summed E-state index contributed by atoms with van der Waals surface area (Å²) in [5.41, 5.74) is 8.88. The van der Waals surface area contributed by atoms with Crippen molar-refractivity contribution < 1.29 is 4.74 Å². The van der Waals surface area contributed by atoms with Crippen molar-refractivity contribution in [2.24, 2.45) is 0 Å². The van der Waals surface area contributed by atoms with E-state index in [0.717, 1.165) is 30.8 Å². The summed E-state index contributed by atoms with van der Waals surface area (Å²) < 4.78 is 9.21. The molecule has 2 aromatic heterocycles. The Bertz CT molecular complexity index is 1410. The van der Waals surface area contributed by atoms with E-state index in [-0.39, 0.29) is 17.5 Å². The number of aromatic nitrogens is 4. The standard InChI is InChI=1S/C26H26N6O2/c1-2-3-14-30-15-13-21(16-30)32-25-23(24(27)28-18-29-25)31(26(32)33)20-11-9-19(10-12-20)17-34-22-7-5-4-6-8-22/h4-12,18,21H,13-17H2,1H3,(H2,27,28,29)/t21-/m1/s1. The minimum Gasteiger partial charge on any atom is -0.489 e. The van der Waals surface area contributed by atoms with Crippen LogP contribution in [-0.2, 0) is 6.61 Å². The minimum atomic E-state index is -0.163. The molecule has 5 rings (SSSR count). The molecule has 8 heteroatoms. The molecule has 1 aliphatic heterocycles. The predicted octanol–water partition coefficient (Wildman–Crippen LogP) is 3.01. The molecule has 1 fully saturated rings. The molecule has 1 atom stereocenters. The first-order valence-corrected chi connectivity index (χ1v) is 11.3. The average molecular weight is 455 g/mol. The van der Waals surface area contributed by atoms with Gasteiger partial charge in [-0.15, -0.1) is 5.92 Å². The zero-order valence-corrected chi connectivity index (χ0v) is 19.0. The molecular formula is C26H26N6O2. The summed E-state index contributed by atoms with van der Waals surface area (Å²) >= 11 is 0. The largest absolute Gasteiger partial charge is 0.489 e. The molecule has 0 spiro atoms.